The predicted molar refractivity (Wildman–Crippen MR) is 94.9 cm³/mol. The molecule has 0 aromatic heterocycles. The smallest absolute Gasteiger partial charge is 0.276 e. The fraction of sp³-hybridized carbons (Fsp3) is 0.176. The van der Waals surface area contributed by atoms with Crippen LogP contribution in [0.25, 0.3) is 0 Å². The van der Waals surface area contributed by atoms with Crippen LogP contribution in [0.1, 0.15) is 5.56 Å². The highest BCUT2D eigenvalue weighted by Crippen LogP contribution is 2.21. The number of carbonyl (C=O) groups excluding carboxylic acids is 2. The highest BCUT2D eigenvalue weighted by atomic mass is 35.5. The molecule has 0 spiro atoms. The Morgan fingerprint density at radius 2 is 1.44 bits per heavy atom. The standard InChI is InChI=1S/C17H16Cl2N2O4/c1-11-8-13(19)4-7-15(11)25-10-17(23)21-20-16(22)9-24-14-5-2-12(18)3-6-14/h2-8H,9-10H2,1H3,(H,20,22)(H,21,23). The summed E-state index contributed by atoms with van der Waals surface area (Å²) in [5.41, 5.74) is 5.28. The zero-order valence-corrected chi connectivity index (χ0v) is 14.9. The van der Waals surface area contributed by atoms with E-state index in [1.54, 1.807) is 42.5 Å². The molecule has 2 rings (SSSR count). The Labute approximate surface area is 155 Å². The van der Waals surface area contributed by atoms with Gasteiger partial charge in [0.05, 0.1) is 0 Å². The molecule has 6 nitrogen and oxygen atoms in total. The van der Waals surface area contributed by atoms with Crippen molar-refractivity contribution in [1.82, 2.24) is 10.9 Å². The van der Waals surface area contributed by atoms with E-state index in [2.05, 4.69) is 10.9 Å². The fourth-order valence-corrected chi connectivity index (χ4v) is 2.16. The normalized spacial score (nSPS) is 10.0. The molecule has 8 heteroatoms. The Kier molecular flexibility index (Phi) is 6.91. The number of nitrogens with one attached hydrogen (secondary N) is 2. The van der Waals surface area contributed by atoms with E-state index in [0.29, 0.717) is 21.5 Å². The number of ether oxygens (including phenoxy) is 2. The van der Waals surface area contributed by atoms with Crippen LogP contribution in [0.4, 0.5) is 0 Å². The van der Waals surface area contributed by atoms with E-state index in [0.717, 1.165) is 5.56 Å². The quantitative estimate of drug-likeness (QED) is 0.753. The number of hydrogen-bond acceptors (Lipinski definition) is 4. The van der Waals surface area contributed by atoms with E-state index in [1.165, 1.54) is 0 Å². The molecule has 2 amide bonds. The minimum Gasteiger partial charge on any atom is -0.484 e. The highest BCUT2D eigenvalue weighted by molar-refractivity contribution is 6.30. The van der Waals surface area contributed by atoms with Crippen LogP contribution < -0.4 is 20.3 Å². The summed E-state index contributed by atoms with van der Waals surface area (Å²) in [6.07, 6.45) is 0. The van der Waals surface area contributed by atoms with Crippen molar-refractivity contribution in [3.05, 3.63) is 58.1 Å². The van der Waals surface area contributed by atoms with Gasteiger partial charge in [0.1, 0.15) is 11.5 Å². The number of hydrazine groups is 1. The highest BCUT2D eigenvalue weighted by Gasteiger charge is 2.08. The fourth-order valence-electron chi connectivity index (χ4n) is 1.81. The Bertz CT molecular complexity index is 751. The van der Waals surface area contributed by atoms with Gasteiger partial charge in [0, 0.05) is 10.0 Å². The lowest BCUT2D eigenvalue weighted by molar-refractivity contribution is -0.131. The largest absolute Gasteiger partial charge is 0.484 e. The van der Waals surface area contributed by atoms with Crippen molar-refractivity contribution < 1.29 is 19.1 Å². The zero-order chi connectivity index (χ0) is 18.2. The number of benzene rings is 2. The summed E-state index contributed by atoms with van der Waals surface area (Å²) in [7, 11) is 0. The first kappa shape index (κ1) is 18.9. The van der Waals surface area contributed by atoms with Crippen LogP contribution in [0.5, 0.6) is 11.5 Å². The van der Waals surface area contributed by atoms with Gasteiger partial charge < -0.3 is 9.47 Å². The van der Waals surface area contributed by atoms with Crippen molar-refractivity contribution in [3.8, 4) is 11.5 Å². The van der Waals surface area contributed by atoms with Crippen LogP contribution >= 0.6 is 23.2 Å². The van der Waals surface area contributed by atoms with E-state index in [1.807, 2.05) is 6.92 Å². The average molecular weight is 383 g/mol. The van der Waals surface area contributed by atoms with E-state index >= 15 is 0 Å². The van der Waals surface area contributed by atoms with E-state index in [4.69, 9.17) is 32.7 Å². The lowest BCUT2D eigenvalue weighted by Crippen LogP contribution is -2.45. The predicted octanol–water partition coefficient (Wildman–Crippen LogP) is 2.91. The second kappa shape index (κ2) is 9.15. The first-order valence-electron chi connectivity index (χ1n) is 7.29. The molecular weight excluding hydrogens is 367 g/mol. The molecule has 0 fully saturated rings. The van der Waals surface area contributed by atoms with Crippen LogP contribution in [-0.4, -0.2) is 25.0 Å². The third-order valence-electron chi connectivity index (χ3n) is 3.02. The number of aryl methyl sites for hydroxylation is 1. The Balaban J connectivity index is 1.68. The minimum atomic E-state index is -0.508. The Morgan fingerprint density at radius 1 is 0.880 bits per heavy atom. The molecule has 0 aliphatic carbocycles. The molecular formula is C17H16Cl2N2O4. The molecule has 0 atom stereocenters. The average Bonchev–Trinajstić information content (AvgIpc) is 2.58. The maximum atomic E-state index is 11.7. The number of hydrogen-bond donors (Lipinski definition) is 2. The summed E-state index contributed by atoms with van der Waals surface area (Å²) in [6, 6.07) is 11.6. The van der Waals surface area contributed by atoms with Crippen LogP contribution in [0.2, 0.25) is 10.0 Å². The molecule has 2 aromatic carbocycles. The summed E-state index contributed by atoms with van der Waals surface area (Å²) in [5, 5.41) is 1.15. The minimum absolute atomic E-state index is 0.249. The zero-order valence-electron chi connectivity index (χ0n) is 13.3. The van der Waals surface area contributed by atoms with Crippen LogP contribution in [0.15, 0.2) is 42.5 Å². The number of amides is 2. The maximum absolute atomic E-state index is 11.7. The van der Waals surface area contributed by atoms with Gasteiger partial charge in [-0.05, 0) is 55.0 Å². The number of halogens is 2. The third-order valence-corrected chi connectivity index (χ3v) is 3.51. The molecule has 2 aromatic rings. The lowest BCUT2D eigenvalue weighted by Gasteiger charge is -2.11. The van der Waals surface area contributed by atoms with Crippen LogP contribution in [-0.2, 0) is 9.59 Å². The molecule has 0 bridgehead atoms. The number of carbonyl (C=O) groups is 2. The number of rotatable bonds is 6. The van der Waals surface area contributed by atoms with Crippen molar-refractivity contribution >= 4 is 35.0 Å². The molecule has 0 saturated carbocycles. The van der Waals surface area contributed by atoms with E-state index < -0.39 is 11.8 Å². The first-order chi connectivity index (χ1) is 11.9. The van der Waals surface area contributed by atoms with Gasteiger partial charge in [0.25, 0.3) is 11.8 Å². The van der Waals surface area contributed by atoms with Crippen LogP contribution in [0.3, 0.4) is 0 Å². The molecule has 0 heterocycles. The van der Waals surface area contributed by atoms with E-state index in [9.17, 15) is 9.59 Å². The summed E-state index contributed by atoms with van der Waals surface area (Å²) in [4.78, 5) is 23.3. The van der Waals surface area contributed by atoms with Gasteiger partial charge in [0.15, 0.2) is 13.2 Å². The topological polar surface area (TPSA) is 76.7 Å². The van der Waals surface area contributed by atoms with Crippen LogP contribution in [0, 0.1) is 6.92 Å². The summed E-state index contributed by atoms with van der Waals surface area (Å²) in [5.74, 6) is 0.0181. The van der Waals surface area contributed by atoms with Gasteiger partial charge in [-0.15, -0.1) is 0 Å². The SMILES string of the molecule is Cc1cc(Cl)ccc1OCC(=O)NNC(=O)COc1ccc(Cl)cc1. The Morgan fingerprint density at radius 3 is 2.04 bits per heavy atom. The van der Waals surface area contributed by atoms with Crippen molar-refractivity contribution in [2.75, 3.05) is 13.2 Å². The van der Waals surface area contributed by atoms with Gasteiger partial charge in [-0.2, -0.15) is 0 Å². The maximum Gasteiger partial charge on any atom is 0.276 e. The van der Waals surface area contributed by atoms with Gasteiger partial charge in [-0.25, -0.2) is 0 Å². The summed E-state index contributed by atoms with van der Waals surface area (Å²) >= 11 is 11.6. The van der Waals surface area contributed by atoms with Crippen molar-refractivity contribution in [2.24, 2.45) is 0 Å². The lowest BCUT2D eigenvalue weighted by atomic mass is 10.2. The molecule has 0 aliphatic heterocycles. The third kappa shape index (κ3) is 6.52. The van der Waals surface area contributed by atoms with Gasteiger partial charge in [0.2, 0.25) is 0 Å². The van der Waals surface area contributed by atoms with Gasteiger partial charge >= 0.3 is 0 Å². The molecule has 2 N–H and O–H groups in total. The molecule has 0 unspecified atom stereocenters. The Hall–Kier alpha value is -2.44. The van der Waals surface area contributed by atoms with Gasteiger partial charge in [-0.3, -0.25) is 20.4 Å². The van der Waals surface area contributed by atoms with Gasteiger partial charge in [-0.1, -0.05) is 23.2 Å². The molecule has 132 valence electrons. The molecule has 0 saturated heterocycles. The second-order valence-corrected chi connectivity index (χ2v) is 5.91. The molecule has 0 aliphatic rings. The second-order valence-electron chi connectivity index (χ2n) is 5.04. The van der Waals surface area contributed by atoms with Crippen molar-refractivity contribution in [3.63, 3.8) is 0 Å². The molecule has 0 radical (unpaired) electrons. The van der Waals surface area contributed by atoms with E-state index in [-0.39, 0.29) is 13.2 Å². The summed E-state index contributed by atoms with van der Waals surface area (Å²) in [6.45, 7) is 1.31. The van der Waals surface area contributed by atoms with Crippen molar-refractivity contribution in [2.45, 2.75) is 6.92 Å². The molecule has 25 heavy (non-hydrogen) atoms. The van der Waals surface area contributed by atoms with Crippen molar-refractivity contribution in [1.29, 1.82) is 0 Å². The monoisotopic (exact) mass is 382 g/mol. The first-order valence-corrected chi connectivity index (χ1v) is 8.04. The summed E-state index contributed by atoms with van der Waals surface area (Å²) < 4.78 is 10.6.